The summed E-state index contributed by atoms with van der Waals surface area (Å²) in [7, 11) is -3.69. The Labute approximate surface area is 181 Å². The second kappa shape index (κ2) is 7.32. The fourth-order valence-electron chi connectivity index (χ4n) is 5.65. The Morgan fingerprint density at radius 2 is 1.93 bits per heavy atom. The van der Waals surface area contributed by atoms with Crippen LogP contribution in [0.1, 0.15) is 50.4 Å². The number of sulfonamides is 1. The molecule has 1 heterocycles. The number of nitrogens with zero attached hydrogens (tertiary/aromatic N) is 1. The molecule has 3 atom stereocenters. The number of morpholine rings is 1. The minimum Gasteiger partial charge on any atom is -0.379 e. The third kappa shape index (κ3) is 3.56. The van der Waals surface area contributed by atoms with Gasteiger partial charge in [-0.25, -0.2) is 8.42 Å². The average molecular weight is 485 g/mol. The van der Waals surface area contributed by atoms with E-state index in [9.17, 15) is 13.2 Å². The number of halogens is 1. The Morgan fingerprint density at radius 3 is 2.55 bits per heavy atom. The van der Waals surface area contributed by atoms with Crippen LogP contribution in [0.5, 0.6) is 0 Å². The molecule has 2 bridgehead atoms. The monoisotopic (exact) mass is 484 g/mol. The minimum atomic E-state index is -3.69. The molecule has 1 aromatic carbocycles. The second-order valence-corrected chi connectivity index (χ2v) is 12.2. The molecule has 0 spiro atoms. The molecule has 2 saturated carbocycles. The molecule has 0 radical (unpaired) electrons. The number of hydrogen-bond donors (Lipinski definition) is 1. The normalized spacial score (nSPS) is 31.7. The van der Waals surface area contributed by atoms with E-state index in [0.717, 1.165) is 12.8 Å². The lowest BCUT2D eigenvalue weighted by atomic mass is 9.68. The number of amides is 1. The summed E-state index contributed by atoms with van der Waals surface area (Å²) in [4.78, 5) is 13.2. The van der Waals surface area contributed by atoms with Crippen LogP contribution in [-0.2, 0) is 14.8 Å². The Morgan fingerprint density at radius 1 is 1.24 bits per heavy atom. The summed E-state index contributed by atoms with van der Waals surface area (Å²) in [6.45, 7) is 8.15. The first kappa shape index (κ1) is 21.3. The third-order valence-corrected chi connectivity index (χ3v) is 10.2. The van der Waals surface area contributed by atoms with Crippen LogP contribution >= 0.6 is 15.9 Å². The predicted octanol–water partition coefficient (Wildman–Crippen LogP) is 3.41. The number of nitrogens with one attached hydrogen (secondary N) is 1. The Hall–Kier alpha value is -0.960. The summed E-state index contributed by atoms with van der Waals surface area (Å²) in [5, 5.41) is 3.25. The number of fused-ring (bicyclic) bond motifs is 2. The molecule has 2 unspecified atom stereocenters. The number of ether oxygens (including phenoxy) is 1. The summed E-state index contributed by atoms with van der Waals surface area (Å²) >= 11 is 3.35. The van der Waals surface area contributed by atoms with Crippen molar-refractivity contribution < 1.29 is 17.9 Å². The number of benzene rings is 1. The van der Waals surface area contributed by atoms with Crippen molar-refractivity contribution >= 4 is 31.9 Å². The van der Waals surface area contributed by atoms with Gasteiger partial charge in [-0.15, -0.1) is 0 Å². The number of carbonyl (C=O) groups is 1. The molecular formula is C21H29BrN2O4S. The van der Waals surface area contributed by atoms with Gasteiger partial charge in [0.05, 0.1) is 18.1 Å². The smallest absolute Gasteiger partial charge is 0.251 e. The van der Waals surface area contributed by atoms with Gasteiger partial charge in [0.25, 0.3) is 5.91 Å². The molecule has 3 fully saturated rings. The molecule has 1 N–H and O–H groups in total. The largest absolute Gasteiger partial charge is 0.379 e. The fraction of sp³-hybridized carbons (Fsp3) is 0.667. The SMILES string of the molecule is CC12CC[C@H](C1)C(C)(C)C2NC(=O)c1ccc(Br)c(S(=O)(=O)N2CCOCC2)c1. The van der Waals surface area contributed by atoms with Gasteiger partial charge in [0.1, 0.15) is 0 Å². The highest BCUT2D eigenvalue weighted by Gasteiger charge is 2.59. The van der Waals surface area contributed by atoms with Crippen molar-refractivity contribution in [3.8, 4) is 0 Å². The van der Waals surface area contributed by atoms with Gasteiger partial charge in [-0.1, -0.05) is 20.8 Å². The van der Waals surface area contributed by atoms with Crippen LogP contribution in [0.2, 0.25) is 0 Å². The number of carbonyl (C=O) groups excluding carboxylic acids is 1. The molecule has 2 aliphatic carbocycles. The van der Waals surface area contributed by atoms with Crippen LogP contribution < -0.4 is 5.32 Å². The Kier molecular flexibility index (Phi) is 5.37. The summed E-state index contributed by atoms with van der Waals surface area (Å²) in [5.74, 6) is 0.419. The maximum Gasteiger partial charge on any atom is 0.251 e. The van der Waals surface area contributed by atoms with Crippen LogP contribution in [0.15, 0.2) is 27.6 Å². The molecule has 3 aliphatic rings. The lowest BCUT2D eigenvalue weighted by Crippen LogP contribution is -2.52. The van der Waals surface area contributed by atoms with E-state index in [0.29, 0.717) is 42.3 Å². The van der Waals surface area contributed by atoms with Crippen molar-refractivity contribution in [3.05, 3.63) is 28.2 Å². The van der Waals surface area contributed by atoms with Crippen LogP contribution in [0, 0.1) is 16.7 Å². The molecule has 1 saturated heterocycles. The van der Waals surface area contributed by atoms with E-state index in [4.69, 9.17) is 4.74 Å². The zero-order valence-electron chi connectivity index (χ0n) is 17.2. The van der Waals surface area contributed by atoms with E-state index in [1.807, 2.05) is 0 Å². The van der Waals surface area contributed by atoms with Gasteiger partial charge in [-0.2, -0.15) is 4.31 Å². The first-order valence-corrected chi connectivity index (χ1v) is 12.5. The first-order valence-electron chi connectivity index (χ1n) is 10.2. The van der Waals surface area contributed by atoms with E-state index in [2.05, 4.69) is 42.0 Å². The Bertz CT molecular complexity index is 922. The van der Waals surface area contributed by atoms with Crippen LogP contribution in [0.3, 0.4) is 0 Å². The van der Waals surface area contributed by atoms with E-state index in [-0.39, 0.29) is 27.7 Å². The quantitative estimate of drug-likeness (QED) is 0.710. The molecule has 1 aromatic rings. The standard InChI is InChI=1S/C21H29BrN2O4S/c1-20(2)15-6-7-21(3,13-15)19(20)23-18(25)14-4-5-16(22)17(12-14)29(26,27)24-8-10-28-11-9-24/h4-5,12,15,19H,6-11,13H2,1-3H3,(H,23,25)/t15-,19?,21?/m1/s1. The van der Waals surface area contributed by atoms with Gasteiger partial charge >= 0.3 is 0 Å². The highest BCUT2D eigenvalue weighted by molar-refractivity contribution is 9.10. The van der Waals surface area contributed by atoms with Gasteiger partial charge < -0.3 is 10.1 Å². The Balaban J connectivity index is 1.60. The minimum absolute atomic E-state index is 0.0424. The molecular weight excluding hydrogens is 456 g/mol. The maximum absolute atomic E-state index is 13.1. The average Bonchev–Trinajstić information content (AvgIpc) is 3.17. The molecule has 160 valence electrons. The zero-order valence-corrected chi connectivity index (χ0v) is 19.6. The number of hydrogen-bond acceptors (Lipinski definition) is 4. The van der Waals surface area contributed by atoms with Crippen molar-refractivity contribution in [2.75, 3.05) is 26.3 Å². The number of rotatable bonds is 4. The first-order chi connectivity index (χ1) is 13.6. The van der Waals surface area contributed by atoms with Gasteiger partial charge in [-0.05, 0) is 70.1 Å². The van der Waals surface area contributed by atoms with Crippen LogP contribution in [0.4, 0.5) is 0 Å². The van der Waals surface area contributed by atoms with E-state index >= 15 is 0 Å². The molecule has 1 aliphatic heterocycles. The topological polar surface area (TPSA) is 75.7 Å². The van der Waals surface area contributed by atoms with Gasteiger partial charge in [0, 0.05) is 29.2 Å². The van der Waals surface area contributed by atoms with Gasteiger partial charge in [0.2, 0.25) is 10.0 Å². The summed E-state index contributed by atoms with van der Waals surface area (Å²) in [6, 6.07) is 4.91. The molecule has 4 rings (SSSR count). The lowest BCUT2D eigenvalue weighted by molar-refractivity contribution is 0.0728. The summed E-state index contributed by atoms with van der Waals surface area (Å²) < 4.78 is 33.3. The van der Waals surface area contributed by atoms with Crippen molar-refractivity contribution in [2.45, 2.75) is 51.0 Å². The van der Waals surface area contributed by atoms with Crippen LogP contribution in [-0.4, -0.2) is 51.0 Å². The van der Waals surface area contributed by atoms with Crippen molar-refractivity contribution in [1.82, 2.24) is 9.62 Å². The zero-order chi connectivity index (χ0) is 21.0. The summed E-state index contributed by atoms with van der Waals surface area (Å²) in [6.07, 6.45) is 3.49. The second-order valence-electron chi connectivity index (χ2n) is 9.48. The van der Waals surface area contributed by atoms with E-state index in [1.165, 1.54) is 16.8 Å². The molecule has 6 nitrogen and oxygen atoms in total. The summed E-state index contributed by atoms with van der Waals surface area (Å²) in [5.41, 5.74) is 0.532. The van der Waals surface area contributed by atoms with Gasteiger partial charge in [0.15, 0.2) is 0 Å². The van der Waals surface area contributed by atoms with Crippen molar-refractivity contribution in [1.29, 1.82) is 0 Å². The third-order valence-electron chi connectivity index (χ3n) is 7.33. The van der Waals surface area contributed by atoms with Crippen molar-refractivity contribution in [3.63, 3.8) is 0 Å². The maximum atomic E-state index is 13.1. The van der Waals surface area contributed by atoms with E-state index < -0.39 is 10.0 Å². The van der Waals surface area contributed by atoms with Crippen LogP contribution in [0.25, 0.3) is 0 Å². The predicted molar refractivity (Wildman–Crippen MR) is 114 cm³/mol. The van der Waals surface area contributed by atoms with E-state index in [1.54, 1.807) is 12.1 Å². The lowest BCUT2D eigenvalue weighted by Gasteiger charge is -2.43. The molecule has 8 heteroatoms. The molecule has 29 heavy (non-hydrogen) atoms. The fourth-order valence-corrected chi connectivity index (χ4v) is 8.00. The van der Waals surface area contributed by atoms with Gasteiger partial charge in [-0.3, -0.25) is 4.79 Å². The molecule has 1 amide bonds. The molecule has 0 aromatic heterocycles. The van der Waals surface area contributed by atoms with Crippen molar-refractivity contribution in [2.24, 2.45) is 16.7 Å². The highest BCUT2D eigenvalue weighted by atomic mass is 79.9. The highest BCUT2D eigenvalue weighted by Crippen LogP contribution is 2.62.